The highest BCUT2D eigenvalue weighted by Crippen LogP contribution is 2.47. The van der Waals surface area contributed by atoms with Crippen molar-refractivity contribution >= 4 is 29.3 Å². The molecule has 2 aliphatic rings. The third-order valence-electron chi connectivity index (χ3n) is 6.89. The van der Waals surface area contributed by atoms with Crippen molar-refractivity contribution in [1.82, 2.24) is 19.8 Å². The molecule has 3 heterocycles. The van der Waals surface area contributed by atoms with Crippen LogP contribution in [0.4, 0.5) is 23.0 Å². The molecule has 2 N–H and O–H groups in total. The van der Waals surface area contributed by atoms with Gasteiger partial charge < -0.3 is 30.1 Å². The molecule has 0 aliphatic carbocycles. The molecule has 192 valence electrons. The fourth-order valence-corrected chi connectivity index (χ4v) is 5.01. The average Bonchev–Trinajstić information content (AvgIpc) is 3.52. The van der Waals surface area contributed by atoms with Crippen LogP contribution in [-0.2, 0) is 4.79 Å². The van der Waals surface area contributed by atoms with Gasteiger partial charge in [0.25, 0.3) is 0 Å². The number of benzene rings is 2. The van der Waals surface area contributed by atoms with Gasteiger partial charge in [0.1, 0.15) is 23.5 Å². The molecule has 9 heteroatoms. The molecule has 9 nitrogen and oxygen atoms in total. The molecule has 5 rings (SSSR count). The number of aromatic nitrogens is 2. The second-order valence-corrected chi connectivity index (χ2v) is 9.66. The van der Waals surface area contributed by atoms with E-state index in [0.29, 0.717) is 23.1 Å². The Labute approximate surface area is 217 Å². The van der Waals surface area contributed by atoms with Crippen molar-refractivity contribution in [2.45, 2.75) is 25.6 Å². The van der Waals surface area contributed by atoms with Gasteiger partial charge in [-0.05, 0) is 63.8 Å². The molecule has 1 fully saturated rings. The van der Waals surface area contributed by atoms with E-state index in [9.17, 15) is 4.79 Å². The predicted molar refractivity (Wildman–Crippen MR) is 146 cm³/mol. The fraction of sp³-hybridized carbons (Fsp3) is 0.321. The van der Waals surface area contributed by atoms with Crippen molar-refractivity contribution < 1.29 is 9.53 Å². The van der Waals surface area contributed by atoms with Crippen LogP contribution < -0.4 is 20.3 Å². The number of nitrogens with two attached hydrogens (primary N) is 1. The molecule has 1 saturated heterocycles. The minimum atomic E-state index is -0.578. The summed E-state index contributed by atoms with van der Waals surface area (Å²) in [5.74, 6) is 2.51. The third kappa shape index (κ3) is 4.95. The number of para-hydroxylation sites is 1. The van der Waals surface area contributed by atoms with Gasteiger partial charge in [0.05, 0.1) is 6.04 Å². The minimum absolute atomic E-state index is 0.108. The van der Waals surface area contributed by atoms with E-state index in [1.165, 1.54) is 12.0 Å². The SMILES string of the molecule is C/C(=C\CN(C)C)N1CC[C@@H](N2c3ncnc(N)c3N(c3ccc(Oc4ccccc4)cc3)C2C=O)C1. The monoisotopic (exact) mass is 499 g/mol. The summed E-state index contributed by atoms with van der Waals surface area (Å²) in [5, 5.41) is 0. The number of carbonyl (C=O) groups is 1. The maximum absolute atomic E-state index is 12.6. The molecule has 2 atom stereocenters. The van der Waals surface area contributed by atoms with Crippen LogP contribution in [0.3, 0.4) is 0 Å². The van der Waals surface area contributed by atoms with Crippen LogP contribution in [0.25, 0.3) is 0 Å². The number of hydrogen-bond acceptors (Lipinski definition) is 9. The highest BCUT2D eigenvalue weighted by atomic mass is 16.5. The summed E-state index contributed by atoms with van der Waals surface area (Å²) in [4.78, 5) is 30.0. The van der Waals surface area contributed by atoms with Gasteiger partial charge in [-0.25, -0.2) is 9.97 Å². The lowest BCUT2D eigenvalue weighted by Crippen LogP contribution is -2.49. The molecule has 0 radical (unpaired) electrons. The normalized spacial score (nSPS) is 19.5. The first-order valence-electron chi connectivity index (χ1n) is 12.5. The number of anilines is 4. The Morgan fingerprint density at radius 1 is 1.11 bits per heavy atom. The van der Waals surface area contributed by atoms with Crippen LogP contribution in [0.2, 0.25) is 0 Å². The second-order valence-electron chi connectivity index (χ2n) is 9.66. The summed E-state index contributed by atoms with van der Waals surface area (Å²) in [6, 6.07) is 17.4. The summed E-state index contributed by atoms with van der Waals surface area (Å²) >= 11 is 0. The van der Waals surface area contributed by atoms with Crippen LogP contribution in [0.15, 0.2) is 72.7 Å². The van der Waals surface area contributed by atoms with Crippen molar-refractivity contribution in [2.24, 2.45) is 0 Å². The third-order valence-corrected chi connectivity index (χ3v) is 6.89. The molecule has 0 saturated carbocycles. The van der Waals surface area contributed by atoms with E-state index < -0.39 is 6.17 Å². The van der Waals surface area contributed by atoms with E-state index in [0.717, 1.165) is 43.8 Å². The van der Waals surface area contributed by atoms with E-state index in [-0.39, 0.29) is 6.04 Å². The first-order valence-corrected chi connectivity index (χ1v) is 12.5. The zero-order chi connectivity index (χ0) is 25.9. The maximum Gasteiger partial charge on any atom is 0.165 e. The van der Waals surface area contributed by atoms with Crippen molar-refractivity contribution in [1.29, 1.82) is 0 Å². The summed E-state index contributed by atoms with van der Waals surface area (Å²) in [5.41, 5.74) is 9.09. The largest absolute Gasteiger partial charge is 0.457 e. The van der Waals surface area contributed by atoms with Gasteiger partial charge in [-0.15, -0.1) is 0 Å². The zero-order valence-corrected chi connectivity index (χ0v) is 21.5. The van der Waals surface area contributed by atoms with Gasteiger partial charge in [0.15, 0.2) is 24.1 Å². The standard InChI is InChI=1S/C28H33N7O2/c1-20(13-15-32(2)3)33-16-14-22(17-33)35-25(18-36)34(26-27(29)30-19-31-28(26)35)21-9-11-24(12-10-21)37-23-7-5-4-6-8-23/h4-13,18-19,22,25H,14-17H2,1-3H3,(H2,29,30,31)/b20-13+/t22-,25?/m1/s1. The molecule has 2 aliphatic heterocycles. The van der Waals surface area contributed by atoms with Crippen LogP contribution in [0.1, 0.15) is 13.3 Å². The number of aldehydes is 1. The number of fused-ring (bicyclic) bond motifs is 1. The number of likely N-dealkylation sites (tertiary alicyclic amines) is 1. The number of rotatable bonds is 8. The fourth-order valence-electron chi connectivity index (χ4n) is 5.01. The molecule has 3 aromatic rings. The van der Waals surface area contributed by atoms with E-state index in [1.54, 1.807) is 0 Å². The Hall–Kier alpha value is -4.11. The lowest BCUT2D eigenvalue weighted by Gasteiger charge is -2.33. The van der Waals surface area contributed by atoms with Crippen LogP contribution in [-0.4, -0.2) is 72.0 Å². The smallest absolute Gasteiger partial charge is 0.165 e. The predicted octanol–water partition coefficient (Wildman–Crippen LogP) is 3.87. The number of carbonyl (C=O) groups excluding carboxylic acids is 1. The molecular weight excluding hydrogens is 466 g/mol. The van der Waals surface area contributed by atoms with E-state index in [4.69, 9.17) is 10.5 Å². The minimum Gasteiger partial charge on any atom is -0.457 e. The molecule has 1 aromatic heterocycles. The van der Waals surface area contributed by atoms with E-state index in [1.807, 2.05) is 59.5 Å². The van der Waals surface area contributed by atoms with E-state index >= 15 is 0 Å². The molecule has 37 heavy (non-hydrogen) atoms. The lowest BCUT2D eigenvalue weighted by molar-refractivity contribution is -0.108. The summed E-state index contributed by atoms with van der Waals surface area (Å²) in [6.07, 6.45) is 5.01. The first-order chi connectivity index (χ1) is 18.0. The Balaban J connectivity index is 1.42. The van der Waals surface area contributed by atoms with Gasteiger partial charge in [0, 0.05) is 31.0 Å². The van der Waals surface area contributed by atoms with Crippen molar-refractivity contribution in [3.05, 3.63) is 72.7 Å². The Bertz CT molecular complexity index is 1260. The number of hydrogen-bond donors (Lipinski definition) is 1. The molecular formula is C28H33N7O2. The number of allylic oxidation sites excluding steroid dienone is 1. The highest BCUT2D eigenvalue weighted by Gasteiger charge is 2.44. The summed E-state index contributed by atoms with van der Waals surface area (Å²) < 4.78 is 5.95. The maximum atomic E-state index is 12.6. The van der Waals surface area contributed by atoms with Crippen LogP contribution >= 0.6 is 0 Å². The number of nitrogen functional groups attached to an aromatic ring is 1. The highest BCUT2D eigenvalue weighted by molar-refractivity contribution is 5.94. The van der Waals surface area contributed by atoms with Gasteiger partial charge in [-0.1, -0.05) is 24.3 Å². The number of ether oxygens (including phenoxy) is 1. The van der Waals surface area contributed by atoms with Gasteiger partial charge >= 0.3 is 0 Å². The average molecular weight is 500 g/mol. The topological polar surface area (TPSA) is 91.1 Å². The summed E-state index contributed by atoms with van der Waals surface area (Å²) in [7, 11) is 4.12. The number of nitrogens with zero attached hydrogens (tertiary/aromatic N) is 6. The zero-order valence-electron chi connectivity index (χ0n) is 21.5. The molecule has 0 amide bonds. The van der Waals surface area contributed by atoms with E-state index in [2.05, 4.69) is 51.8 Å². The Morgan fingerprint density at radius 3 is 2.54 bits per heavy atom. The van der Waals surface area contributed by atoms with Gasteiger partial charge in [-0.3, -0.25) is 4.79 Å². The molecule has 2 aromatic carbocycles. The lowest BCUT2D eigenvalue weighted by atomic mass is 10.2. The van der Waals surface area contributed by atoms with Crippen molar-refractivity contribution in [3.8, 4) is 11.5 Å². The second kappa shape index (κ2) is 10.5. The Kier molecular flexibility index (Phi) is 6.96. The molecule has 0 bridgehead atoms. The number of likely N-dealkylation sites (N-methyl/N-ethyl adjacent to an activating group) is 1. The van der Waals surface area contributed by atoms with Crippen molar-refractivity contribution in [3.63, 3.8) is 0 Å². The van der Waals surface area contributed by atoms with Crippen LogP contribution in [0.5, 0.6) is 11.5 Å². The Morgan fingerprint density at radius 2 is 1.84 bits per heavy atom. The van der Waals surface area contributed by atoms with Crippen molar-refractivity contribution in [2.75, 3.05) is 49.3 Å². The quantitative estimate of drug-likeness (QED) is 0.464. The van der Waals surface area contributed by atoms with Gasteiger partial charge in [0.2, 0.25) is 0 Å². The van der Waals surface area contributed by atoms with Gasteiger partial charge in [-0.2, -0.15) is 0 Å². The molecule has 0 spiro atoms. The molecule has 1 unspecified atom stereocenters. The first kappa shape index (κ1) is 24.6. The summed E-state index contributed by atoms with van der Waals surface area (Å²) in [6.45, 7) is 4.76. The van der Waals surface area contributed by atoms with Crippen LogP contribution in [0, 0.1) is 0 Å².